The van der Waals surface area contributed by atoms with Crippen molar-refractivity contribution < 1.29 is 19.0 Å². The highest BCUT2D eigenvalue weighted by molar-refractivity contribution is 5.86. The van der Waals surface area contributed by atoms with Crippen LogP contribution in [0, 0.1) is 0 Å². The van der Waals surface area contributed by atoms with E-state index in [4.69, 9.17) is 14.2 Å². The molecule has 1 fully saturated rings. The van der Waals surface area contributed by atoms with Gasteiger partial charge in [0.2, 0.25) is 0 Å². The molecular formula is C22H30O4. The van der Waals surface area contributed by atoms with Crippen molar-refractivity contribution in [3.63, 3.8) is 0 Å². The number of hydrogen-bond donors (Lipinski definition) is 0. The molecule has 1 aromatic rings. The van der Waals surface area contributed by atoms with Gasteiger partial charge in [0.15, 0.2) is 0 Å². The maximum atomic E-state index is 11.3. The largest absolute Gasteiger partial charge is 0.495 e. The smallest absolute Gasteiger partial charge is 0.333 e. The summed E-state index contributed by atoms with van der Waals surface area (Å²) < 4.78 is 16.6. The molecule has 1 aromatic carbocycles. The molecule has 26 heavy (non-hydrogen) atoms. The third-order valence-electron chi connectivity index (χ3n) is 4.72. The van der Waals surface area contributed by atoms with Crippen molar-refractivity contribution in [2.75, 3.05) is 13.2 Å². The lowest BCUT2D eigenvalue weighted by molar-refractivity contribution is -0.139. The standard InChI is InChI=1S/C22H30O4/c1-5-17(4)26-21-12-8-19(9-13-21)18-6-10-20(11-7-18)24-14-15-25-22(23)16(2)3/h5-7,10-11,19,21H,2,8-9,12-15H2,1,3-4H3. The Morgan fingerprint density at radius 3 is 2.35 bits per heavy atom. The average Bonchev–Trinajstić information content (AvgIpc) is 2.66. The van der Waals surface area contributed by atoms with Crippen molar-refractivity contribution in [2.24, 2.45) is 0 Å². The van der Waals surface area contributed by atoms with Crippen molar-refractivity contribution in [3.8, 4) is 5.75 Å². The van der Waals surface area contributed by atoms with E-state index in [9.17, 15) is 4.79 Å². The fraction of sp³-hybridized carbons (Fsp3) is 0.500. The van der Waals surface area contributed by atoms with E-state index in [2.05, 4.69) is 18.7 Å². The molecule has 4 nitrogen and oxygen atoms in total. The van der Waals surface area contributed by atoms with Gasteiger partial charge in [-0.3, -0.25) is 0 Å². The van der Waals surface area contributed by atoms with Gasteiger partial charge in [0.05, 0.1) is 11.9 Å². The van der Waals surface area contributed by atoms with Gasteiger partial charge in [0, 0.05) is 5.57 Å². The molecule has 142 valence electrons. The molecule has 0 atom stereocenters. The van der Waals surface area contributed by atoms with Crippen molar-refractivity contribution >= 4 is 5.97 Å². The van der Waals surface area contributed by atoms with E-state index in [1.807, 2.05) is 32.1 Å². The zero-order valence-corrected chi connectivity index (χ0v) is 16.1. The van der Waals surface area contributed by atoms with Crippen molar-refractivity contribution in [2.45, 2.75) is 58.5 Å². The Hall–Kier alpha value is -2.23. The molecule has 0 aliphatic heterocycles. The number of ether oxygens (including phenoxy) is 3. The van der Waals surface area contributed by atoms with Crippen LogP contribution in [0.4, 0.5) is 0 Å². The van der Waals surface area contributed by atoms with Crippen LogP contribution >= 0.6 is 0 Å². The first kappa shape index (κ1) is 20.1. The third-order valence-corrected chi connectivity index (χ3v) is 4.72. The van der Waals surface area contributed by atoms with Gasteiger partial charge in [-0.25, -0.2) is 4.79 Å². The predicted molar refractivity (Wildman–Crippen MR) is 103 cm³/mol. The molecule has 0 heterocycles. The second kappa shape index (κ2) is 10.0. The first-order chi connectivity index (χ1) is 12.5. The molecule has 1 aliphatic rings. The number of allylic oxidation sites excluding steroid dienone is 2. The molecule has 0 spiro atoms. The van der Waals surface area contributed by atoms with Gasteiger partial charge < -0.3 is 14.2 Å². The molecular weight excluding hydrogens is 328 g/mol. The van der Waals surface area contributed by atoms with Crippen molar-refractivity contribution in [1.29, 1.82) is 0 Å². The Labute approximate surface area is 156 Å². The van der Waals surface area contributed by atoms with E-state index in [1.165, 1.54) is 5.56 Å². The fourth-order valence-electron chi connectivity index (χ4n) is 3.10. The Balaban J connectivity index is 1.74. The molecule has 0 saturated heterocycles. The van der Waals surface area contributed by atoms with Gasteiger partial charge in [0.25, 0.3) is 0 Å². The van der Waals surface area contributed by atoms with Gasteiger partial charge in [-0.15, -0.1) is 0 Å². The predicted octanol–water partition coefficient (Wildman–Crippen LogP) is 5.15. The monoisotopic (exact) mass is 358 g/mol. The van der Waals surface area contributed by atoms with Crippen LogP contribution in [-0.4, -0.2) is 25.3 Å². The molecule has 0 radical (unpaired) electrons. The van der Waals surface area contributed by atoms with Crippen LogP contribution in [-0.2, 0) is 14.3 Å². The molecule has 0 unspecified atom stereocenters. The highest BCUT2D eigenvalue weighted by Crippen LogP contribution is 2.35. The number of carbonyl (C=O) groups excluding carboxylic acids is 1. The van der Waals surface area contributed by atoms with Crippen molar-refractivity contribution in [3.05, 3.63) is 53.8 Å². The minimum absolute atomic E-state index is 0.225. The molecule has 1 saturated carbocycles. The highest BCUT2D eigenvalue weighted by Gasteiger charge is 2.23. The van der Waals surface area contributed by atoms with Crippen molar-refractivity contribution in [1.82, 2.24) is 0 Å². The van der Waals surface area contributed by atoms with Crippen LogP contribution in [0.15, 0.2) is 48.3 Å². The summed E-state index contributed by atoms with van der Waals surface area (Å²) in [5.41, 5.74) is 1.75. The summed E-state index contributed by atoms with van der Waals surface area (Å²) in [5.74, 6) is 2.02. The summed E-state index contributed by atoms with van der Waals surface area (Å²) in [4.78, 5) is 11.3. The molecule has 0 N–H and O–H groups in total. The average molecular weight is 358 g/mol. The first-order valence-corrected chi connectivity index (χ1v) is 9.34. The van der Waals surface area contributed by atoms with Crippen LogP contribution in [0.25, 0.3) is 0 Å². The summed E-state index contributed by atoms with van der Waals surface area (Å²) in [6.07, 6.45) is 6.87. The van der Waals surface area contributed by atoms with Gasteiger partial charge in [0.1, 0.15) is 19.0 Å². The highest BCUT2D eigenvalue weighted by atomic mass is 16.6. The summed E-state index contributed by atoms with van der Waals surface area (Å²) in [6, 6.07) is 8.25. The zero-order valence-electron chi connectivity index (χ0n) is 16.1. The summed E-state index contributed by atoms with van der Waals surface area (Å²) in [5, 5.41) is 0. The normalized spacial score (nSPS) is 20.3. The number of benzene rings is 1. The lowest BCUT2D eigenvalue weighted by Gasteiger charge is -2.29. The summed E-state index contributed by atoms with van der Waals surface area (Å²) in [6.45, 7) is 9.76. The maximum absolute atomic E-state index is 11.3. The van der Waals surface area contributed by atoms with Crippen LogP contribution in [0.1, 0.15) is 57.9 Å². The summed E-state index contributed by atoms with van der Waals surface area (Å²) in [7, 11) is 0. The number of carbonyl (C=O) groups is 1. The third kappa shape index (κ3) is 6.25. The number of rotatable bonds is 8. The second-order valence-electron chi connectivity index (χ2n) is 6.82. The van der Waals surface area contributed by atoms with Gasteiger partial charge >= 0.3 is 5.97 Å². The van der Waals surface area contributed by atoms with Gasteiger partial charge in [-0.05, 0) is 76.1 Å². The topological polar surface area (TPSA) is 44.8 Å². The molecule has 0 aromatic heterocycles. The zero-order chi connectivity index (χ0) is 18.9. The van der Waals surface area contributed by atoms with Crippen LogP contribution in [0.3, 0.4) is 0 Å². The van der Waals surface area contributed by atoms with Crippen LogP contribution in [0.5, 0.6) is 5.75 Å². The van der Waals surface area contributed by atoms with E-state index in [-0.39, 0.29) is 12.6 Å². The minimum atomic E-state index is -0.381. The Bertz CT molecular complexity index is 622. The lowest BCUT2D eigenvalue weighted by atomic mass is 9.83. The number of hydrogen-bond acceptors (Lipinski definition) is 4. The van der Waals surface area contributed by atoms with Gasteiger partial charge in [-0.2, -0.15) is 0 Å². The van der Waals surface area contributed by atoms with E-state index >= 15 is 0 Å². The first-order valence-electron chi connectivity index (χ1n) is 9.34. The van der Waals surface area contributed by atoms with E-state index in [0.29, 0.717) is 24.2 Å². The molecule has 0 amide bonds. The Morgan fingerprint density at radius 1 is 1.12 bits per heavy atom. The fourth-order valence-corrected chi connectivity index (χ4v) is 3.10. The minimum Gasteiger partial charge on any atom is -0.495 e. The van der Waals surface area contributed by atoms with Gasteiger partial charge in [-0.1, -0.05) is 18.7 Å². The summed E-state index contributed by atoms with van der Waals surface area (Å²) >= 11 is 0. The SMILES string of the molecule is C=C(C)C(=O)OCCOc1ccc(C2CCC(OC(C)=CC)CC2)cc1. The maximum Gasteiger partial charge on any atom is 0.333 e. The molecule has 0 bridgehead atoms. The molecule has 2 rings (SSSR count). The van der Waals surface area contributed by atoms with Crippen LogP contribution < -0.4 is 4.74 Å². The Morgan fingerprint density at radius 2 is 1.77 bits per heavy atom. The molecule has 4 heteroatoms. The quantitative estimate of drug-likeness (QED) is 0.279. The number of esters is 1. The Kier molecular flexibility index (Phi) is 7.76. The van der Waals surface area contributed by atoms with E-state index < -0.39 is 0 Å². The van der Waals surface area contributed by atoms with E-state index in [1.54, 1.807) is 6.92 Å². The molecule has 1 aliphatic carbocycles. The van der Waals surface area contributed by atoms with Crippen LogP contribution in [0.2, 0.25) is 0 Å². The van der Waals surface area contributed by atoms with E-state index in [0.717, 1.165) is 37.2 Å². The lowest BCUT2D eigenvalue weighted by Crippen LogP contribution is -2.20. The second-order valence-corrected chi connectivity index (χ2v) is 6.82.